The third-order valence-corrected chi connectivity index (χ3v) is 3.30. The lowest BCUT2D eigenvalue weighted by Crippen LogP contribution is -2.23. The van der Waals surface area contributed by atoms with E-state index in [0.717, 1.165) is 36.4 Å². The number of ether oxygens (including phenoxy) is 2. The van der Waals surface area contributed by atoms with Crippen LogP contribution in [0.2, 0.25) is 0 Å². The first kappa shape index (κ1) is 15.8. The van der Waals surface area contributed by atoms with Crippen molar-refractivity contribution >= 4 is 0 Å². The molecule has 0 aromatic heterocycles. The number of methoxy groups -OCH3 is 2. The van der Waals surface area contributed by atoms with Crippen LogP contribution < -0.4 is 14.8 Å². The van der Waals surface area contributed by atoms with E-state index in [4.69, 9.17) is 9.47 Å². The average molecular weight is 265 g/mol. The molecular weight excluding hydrogens is 238 g/mol. The fourth-order valence-electron chi connectivity index (χ4n) is 2.30. The molecule has 0 bridgehead atoms. The van der Waals surface area contributed by atoms with Gasteiger partial charge >= 0.3 is 0 Å². The summed E-state index contributed by atoms with van der Waals surface area (Å²) in [4.78, 5) is 0. The first-order chi connectivity index (χ1) is 9.28. The number of rotatable bonds is 9. The van der Waals surface area contributed by atoms with Crippen molar-refractivity contribution in [3.8, 4) is 11.5 Å². The molecule has 19 heavy (non-hydrogen) atoms. The second-order valence-electron chi connectivity index (χ2n) is 4.73. The van der Waals surface area contributed by atoms with E-state index in [-0.39, 0.29) is 0 Å². The van der Waals surface area contributed by atoms with Crippen LogP contribution in [0.1, 0.15) is 51.1 Å². The molecule has 0 aliphatic heterocycles. The highest BCUT2D eigenvalue weighted by Gasteiger charge is 2.19. The van der Waals surface area contributed by atoms with E-state index in [0.29, 0.717) is 6.04 Å². The Labute approximate surface area is 117 Å². The molecule has 1 atom stereocenters. The smallest absolute Gasteiger partial charge is 0.127 e. The second-order valence-corrected chi connectivity index (χ2v) is 4.73. The minimum Gasteiger partial charge on any atom is -0.496 e. The van der Waals surface area contributed by atoms with Gasteiger partial charge in [-0.1, -0.05) is 32.8 Å². The lowest BCUT2D eigenvalue weighted by atomic mass is 9.98. The van der Waals surface area contributed by atoms with Crippen molar-refractivity contribution in [2.75, 3.05) is 20.8 Å². The largest absolute Gasteiger partial charge is 0.496 e. The Morgan fingerprint density at radius 1 is 1.05 bits per heavy atom. The number of benzene rings is 1. The number of nitrogens with one attached hydrogen (secondary N) is 1. The first-order valence-electron chi connectivity index (χ1n) is 7.22. The first-order valence-corrected chi connectivity index (χ1v) is 7.22. The predicted octanol–water partition coefficient (Wildman–Crippen LogP) is 3.93. The van der Waals surface area contributed by atoms with Gasteiger partial charge in [0, 0.05) is 6.04 Å². The third kappa shape index (κ3) is 4.43. The molecule has 1 aromatic carbocycles. The number of hydrogen-bond donors (Lipinski definition) is 1. The van der Waals surface area contributed by atoms with Gasteiger partial charge in [-0.25, -0.2) is 0 Å². The summed E-state index contributed by atoms with van der Waals surface area (Å²) in [7, 11) is 3.43. The minimum atomic E-state index is 0.297. The van der Waals surface area contributed by atoms with Crippen molar-refractivity contribution in [2.24, 2.45) is 0 Å². The zero-order chi connectivity index (χ0) is 14.1. The molecule has 3 heteroatoms. The topological polar surface area (TPSA) is 30.5 Å². The van der Waals surface area contributed by atoms with Gasteiger partial charge in [-0.3, -0.25) is 0 Å². The summed E-state index contributed by atoms with van der Waals surface area (Å²) in [6.45, 7) is 5.41. The molecule has 3 nitrogen and oxygen atoms in total. The molecule has 1 unspecified atom stereocenters. The Kier molecular flexibility index (Phi) is 7.34. The molecule has 0 fully saturated rings. The van der Waals surface area contributed by atoms with Gasteiger partial charge in [0.15, 0.2) is 0 Å². The Hall–Kier alpha value is -1.22. The van der Waals surface area contributed by atoms with Gasteiger partial charge in [-0.15, -0.1) is 0 Å². The third-order valence-electron chi connectivity index (χ3n) is 3.30. The van der Waals surface area contributed by atoms with Gasteiger partial charge in [0.1, 0.15) is 11.5 Å². The lowest BCUT2D eigenvalue weighted by molar-refractivity contribution is 0.363. The number of unbranched alkanes of at least 4 members (excludes halogenated alkanes) is 1. The van der Waals surface area contributed by atoms with Crippen molar-refractivity contribution in [2.45, 2.75) is 45.6 Å². The highest BCUT2D eigenvalue weighted by molar-refractivity contribution is 5.47. The van der Waals surface area contributed by atoms with E-state index in [2.05, 4.69) is 19.2 Å². The van der Waals surface area contributed by atoms with Crippen LogP contribution in [0.4, 0.5) is 0 Å². The SMILES string of the molecule is CCCCC(NCCC)c1c(OC)cccc1OC. The van der Waals surface area contributed by atoms with E-state index >= 15 is 0 Å². The summed E-state index contributed by atoms with van der Waals surface area (Å²) in [5.41, 5.74) is 1.15. The minimum absolute atomic E-state index is 0.297. The van der Waals surface area contributed by atoms with Crippen molar-refractivity contribution in [3.63, 3.8) is 0 Å². The van der Waals surface area contributed by atoms with Crippen LogP contribution in [-0.4, -0.2) is 20.8 Å². The van der Waals surface area contributed by atoms with Crippen molar-refractivity contribution in [1.82, 2.24) is 5.32 Å². The molecule has 0 aliphatic carbocycles. The van der Waals surface area contributed by atoms with E-state index < -0.39 is 0 Å². The maximum Gasteiger partial charge on any atom is 0.127 e. The molecule has 0 heterocycles. The molecule has 0 spiro atoms. The lowest BCUT2D eigenvalue weighted by Gasteiger charge is -2.23. The van der Waals surface area contributed by atoms with Gasteiger partial charge in [0.05, 0.1) is 19.8 Å². The monoisotopic (exact) mass is 265 g/mol. The van der Waals surface area contributed by atoms with Crippen LogP contribution >= 0.6 is 0 Å². The van der Waals surface area contributed by atoms with E-state index in [9.17, 15) is 0 Å². The molecule has 0 aliphatic rings. The fraction of sp³-hybridized carbons (Fsp3) is 0.625. The average Bonchev–Trinajstić information content (AvgIpc) is 2.46. The van der Waals surface area contributed by atoms with Crippen LogP contribution in [0.5, 0.6) is 11.5 Å². The summed E-state index contributed by atoms with van der Waals surface area (Å²) < 4.78 is 11.0. The Morgan fingerprint density at radius 2 is 1.68 bits per heavy atom. The summed E-state index contributed by atoms with van der Waals surface area (Å²) in [6, 6.07) is 6.28. The van der Waals surface area contributed by atoms with Crippen LogP contribution in [-0.2, 0) is 0 Å². The van der Waals surface area contributed by atoms with Gasteiger partial charge in [0.25, 0.3) is 0 Å². The Morgan fingerprint density at radius 3 is 2.16 bits per heavy atom. The summed E-state index contributed by atoms with van der Waals surface area (Å²) >= 11 is 0. The summed E-state index contributed by atoms with van der Waals surface area (Å²) in [5, 5.41) is 3.61. The van der Waals surface area contributed by atoms with Crippen LogP contribution in [0.3, 0.4) is 0 Å². The maximum atomic E-state index is 5.51. The normalized spacial score (nSPS) is 12.2. The maximum absolute atomic E-state index is 5.51. The molecule has 1 N–H and O–H groups in total. The molecule has 0 saturated heterocycles. The van der Waals surface area contributed by atoms with Gasteiger partial charge in [-0.05, 0) is 31.5 Å². The van der Waals surface area contributed by atoms with Crippen LogP contribution in [0, 0.1) is 0 Å². The van der Waals surface area contributed by atoms with Gasteiger partial charge in [0.2, 0.25) is 0 Å². The molecular formula is C16H27NO2. The zero-order valence-electron chi connectivity index (χ0n) is 12.7. The second kappa shape index (κ2) is 8.81. The highest BCUT2D eigenvalue weighted by atomic mass is 16.5. The van der Waals surface area contributed by atoms with E-state index in [1.165, 1.54) is 12.8 Å². The zero-order valence-corrected chi connectivity index (χ0v) is 12.7. The van der Waals surface area contributed by atoms with Crippen LogP contribution in [0.15, 0.2) is 18.2 Å². The Balaban J connectivity index is 3.03. The predicted molar refractivity (Wildman–Crippen MR) is 80.1 cm³/mol. The molecule has 1 rings (SSSR count). The molecule has 1 aromatic rings. The van der Waals surface area contributed by atoms with Crippen molar-refractivity contribution < 1.29 is 9.47 Å². The summed E-state index contributed by atoms with van der Waals surface area (Å²) in [6.07, 6.45) is 4.62. The van der Waals surface area contributed by atoms with Gasteiger partial charge < -0.3 is 14.8 Å². The molecule has 0 amide bonds. The van der Waals surface area contributed by atoms with Gasteiger partial charge in [-0.2, -0.15) is 0 Å². The standard InChI is InChI=1S/C16H27NO2/c1-5-7-9-13(17-12-6-2)16-14(18-3)10-8-11-15(16)19-4/h8,10-11,13,17H,5-7,9,12H2,1-4H3. The molecule has 0 saturated carbocycles. The molecule has 0 radical (unpaired) electrons. The van der Waals surface area contributed by atoms with Crippen LogP contribution in [0.25, 0.3) is 0 Å². The number of hydrogen-bond acceptors (Lipinski definition) is 3. The van der Waals surface area contributed by atoms with E-state index in [1.807, 2.05) is 18.2 Å². The van der Waals surface area contributed by atoms with Crippen molar-refractivity contribution in [3.05, 3.63) is 23.8 Å². The van der Waals surface area contributed by atoms with E-state index in [1.54, 1.807) is 14.2 Å². The highest BCUT2D eigenvalue weighted by Crippen LogP contribution is 2.36. The molecule has 108 valence electrons. The fourth-order valence-corrected chi connectivity index (χ4v) is 2.30. The van der Waals surface area contributed by atoms with Crippen molar-refractivity contribution in [1.29, 1.82) is 0 Å². The quantitative estimate of drug-likeness (QED) is 0.733. The Bertz CT molecular complexity index is 336. The summed E-state index contributed by atoms with van der Waals surface area (Å²) in [5.74, 6) is 1.81.